The van der Waals surface area contributed by atoms with Crippen LogP contribution < -0.4 is 4.74 Å². The minimum atomic E-state index is -1.03. The number of carboxylic acid groups (broad SMARTS) is 1. The van der Waals surface area contributed by atoms with Crippen molar-refractivity contribution in [1.29, 1.82) is 0 Å². The van der Waals surface area contributed by atoms with Gasteiger partial charge in [-0.2, -0.15) is 15.3 Å². The van der Waals surface area contributed by atoms with E-state index >= 15 is 4.39 Å². The third kappa shape index (κ3) is 7.88. The Balaban J connectivity index is 1.13. The maximum absolute atomic E-state index is 16.4. The van der Waals surface area contributed by atoms with Gasteiger partial charge < -0.3 is 29.3 Å². The minimum absolute atomic E-state index is 0.000295. The number of hydrogen-bond acceptors (Lipinski definition) is 9. The number of rotatable bonds is 11. The van der Waals surface area contributed by atoms with Gasteiger partial charge in [0.1, 0.15) is 23.1 Å². The summed E-state index contributed by atoms with van der Waals surface area (Å²) in [6.07, 6.45) is 1.09. The fraction of sp³-hybridized carbons (Fsp3) is 0.475. The Morgan fingerprint density at radius 3 is 2.49 bits per heavy atom. The largest absolute Gasteiger partial charge is 0.465 e. The Morgan fingerprint density at radius 1 is 1.02 bits per heavy atom. The zero-order valence-corrected chi connectivity index (χ0v) is 31.2. The molecule has 2 aromatic heterocycles. The number of ether oxygens (including phenoxy) is 2. The predicted molar refractivity (Wildman–Crippen MR) is 198 cm³/mol. The summed E-state index contributed by atoms with van der Waals surface area (Å²) >= 11 is 0. The second kappa shape index (κ2) is 15.0. The van der Waals surface area contributed by atoms with Crippen LogP contribution in [0.1, 0.15) is 75.4 Å². The smallest absolute Gasteiger partial charge is 0.407 e. The topological polar surface area (TPSA) is 156 Å². The molecular formula is C40H45FN8O6. The molecule has 3 atom stereocenters. The first kappa shape index (κ1) is 36.5. The Kier molecular flexibility index (Phi) is 9.97. The lowest BCUT2D eigenvalue weighted by atomic mass is 10.1. The number of hydrogen-bond donors (Lipinski definition) is 1. The van der Waals surface area contributed by atoms with Crippen LogP contribution in [0.3, 0.4) is 0 Å². The van der Waals surface area contributed by atoms with E-state index in [1.807, 2.05) is 48.2 Å². The fourth-order valence-electron chi connectivity index (χ4n) is 7.68. The molecule has 0 radical (unpaired) electrons. The number of carbonyl (C=O) groups is 3. The van der Waals surface area contributed by atoms with Crippen LogP contribution in [0.15, 0.2) is 48.5 Å². The summed E-state index contributed by atoms with van der Waals surface area (Å²) in [5.74, 6) is 1.11. The highest BCUT2D eigenvalue weighted by molar-refractivity contribution is 5.80. The van der Waals surface area contributed by atoms with Crippen LogP contribution in [0.2, 0.25) is 0 Å². The number of halogens is 1. The quantitative estimate of drug-likeness (QED) is 0.202. The van der Waals surface area contributed by atoms with Gasteiger partial charge in [0.15, 0.2) is 5.82 Å². The highest BCUT2D eigenvalue weighted by Crippen LogP contribution is 2.39. The molecule has 8 rings (SSSR count). The van der Waals surface area contributed by atoms with Gasteiger partial charge in [0, 0.05) is 62.1 Å². The van der Waals surface area contributed by atoms with Crippen molar-refractivity contribution in [2.75, 3.05) is 32.8 Å². The number of benzene rings is 2. The van der Waals surface area contributed by atoms with Crippen LogP contribution in [-0.4, -0.2) is 108 Å². The third-order valence-corrected chi connectivity index (χ3v) is 10.8. The molecule has 5 heterocycles. The van der Waals surface area contributed by atoms with Gasteiger partial charge in [0.25, 0.3) is 0 Å². The molecule has 288 valence electrons. The third-order valence-electron chi connectivity index (χ3n) is 10.8. The molecule has 15 heteroatoms. The van der Waals surface area contributed by atoms with Crippen molar-refractivity contribution in [2.24, 2.45) is 5.92 Å². The van der Waals surface area contributed by atoms with E-state index in [1.54, 1.807) is 15.6 Å². The maximum atomic E-state index is 16.4. The molecule has 1 saturated carbocycles. The standard InChI is InChI=1S/C40H45FN8O6/c1-23(2)33-10-11-34(44-43-33)25-4-8-29(9-5-25)55-35-17-31(32(41)15-26(35)19-47-18-24(3)14-36(47)50)38-42-39(27-16-37(51)48(20-27)28-6-7-28)49(45-38)22-30-21-46(40(52)53)12-13-54-30/h4-5,8-11,15,17,23-24,27-28,30H,6-7,12-14,16,18-22H2,1-3H3,(H,52,53)/t24-,27?,30+/m0/s1. The highest BCUT2D eigenvalue weighted by atomic mass is 19.1. The lowest BCUT2D eigenvalue weighted by Gasteiger charge is -2.31. The molecule has 0 bridgehead atoms. The number of likely N-dealkylation sites (tertiary alicyclic amines) is 2. The van der Waals surface area contributed by atoms with Crippen molar-refractivity contribution in [3.63, 3.8) is 0 Å². The monoisotopic (exact) mass is 752 g/mol. The van der Waals surface area contributed by atoms with E-state index in [9.17, 15) is 19.5 Å². The summed E-state index contributed by atoms with van der Waals surface area (Å²) in [4.78, 5) is 47.4. The Bertz CT molecular complexity index is 2090. The lowest BCUT2D eigenvalue weighted by molar-refractivity contribution is -0.129. The van der Waals surface area contributed by atoms with Crippen LogP contribution in [0.25, 0.3) is 22.6 Å². The van der Waals surface area contributed by atoms with Crippen molar-refractivity contribution < 1.29 is 33.4 Å². The number of carbonyl (C=O) groups excluding carboxylic acids is 2. The van der Waals surface area contributed by atoms with Gasteiger partial charge in [-0.15, -0.1) is 0 Å². The molecule has 1 aliphatic carbocycles. The van der Waals surface area contributed by atoms with E-state index in [-0.39, 0.29) is 86.2 Å². The lowest BCUT2D eigenvalue weighted by Crippen LogP contribution is -2.46. The molecule has 55 heavy (non-hydrogen) atoms. The Morgan fingerprint density at radius 2 is 1.82 bits per heavy atom. The molecule has 1 N–H and O–H groups in total. The second-order valence-corrected chi connectivity index (χ2v) is 15.5. The van der Waals surface area contributed by atoms with Crippen LogP contribution in [0, 0.1) is 11.7 Å². The van der Waals surface area contributed by atoms with Crippen LogP contribution >= 0.6 is 0 Å². The van der Waals surface area contributed by atoms with E-state index in [1.165, 1.54) is 11.0 Å². The van der Waals surface area contributed by atoms with Crippen LogP contribution in [-0.2, 0) is 27.4 Å². The first-order chi connectivity index (χ1) is 26.5. The molecule has 4 fully saturated rings. The van der Waals surface area contributed by atoms with Gasteiger partial charge in [-0.1, -0.05) is 20.8 Å². The van der Waals surface area contributed by atoms with Crippen molar-refractivity contribution in [1.82, 2.24) is 39.7 Å². The summed E-state index contributed by atoms with van der Waals surface area (Å²) in [6, 6.07) is 14.5. The van der Waals surface area contributed by atoms with Crippen molar-refractivity contribution in [3.8, 4) is 34.1 Å². The SMILES string of the molecule is CC(C)c1ccc(-c2ccc(Oc3cc(-c4nc(C5CC(=O)N(C6CC6)C5)n(C[C@H]5CN(C(=O)O)CCO5)n4)c(F)cc3CN3C[C@@H](C)CC3=O)cc2)nn1. The van der Waals surface area contributed by atoms with Crippen LogP contribution in [0.4, 0.5) is 9.18 Å². The number of amides is 3. The normalized spacial score (nSPS) is 21.6. The van der Waals surface area contributed by atoms with Gasteiger partial charge in [-0.25, -0.2) is 18.9 Å². The summed E-state index contributed by atoms with van der Waals surface area (Å²) in [6.45, 7) is 8.17. The number of nitrogens with zero attached hydrogens (tertiary/aromatic N) is 8. The average molecular weight is 753 g/mol. The molecule has 1 unspecified atom stereocenters. The van der Waals surface area contributed by atoms with Crippen molar-refractivity contribution in [2.45, 2.75) is 83.5 Å². The zero-order valence-electron chi connectivity index (χ0n) is 31.2. The molecular weight excluding hydrogens is 707 g/mol. The summed E-state index contributed by atoms with van der Waals surface area (Å²) in [5.41, 5.74) is 3.07. The van der Waals surface area contributed by atoms with Crippen molar-refractivity contribution in [3.05, 3.63) is 71.4 Å². The summed E-state index contributed by atoms with van der Waals surface area (Å²) in [7, 11) is 0. The number of aromatic nitrogens is 5. The average Bonchev–Trinajstić information content (AvgIpc) is 3.69. The van der Waals surface area contributed by atoms with E-state index in [0.29, 0.717) is 42.4 Å². The molecule has 14 nitrogen and oxygen atoms in total. The van der Waals surface area contributed by atoms with Gasteiger partial charge in [0.2, 0.25) is 11.8 Å². The predicted octanol–water partition coefficient (Wildman–Crippen LogP) is 5.68. The van der Waals surface area contributed by atoms with Crippen molar-refractivity contribution >= 4 is 17.9 Å². The first-order valence-electron chi connectivity index (χ1n) is 19.0. The van der Waals surface area contributed by atoms with E-state index in [2.05, 4.69) is 24.0 Å². The zero-order chi connectivity index (χ0) is 38.4. The van der Waals surface area contributed by atoms with Gasteiger partial charge in [-0.05, 0) is 73.2 Å². The minimum Gasteiger partial charge on any atom is -0.465 e. The van der Waals surface area contributed by atoms with Gasteiger partial charge >= 0.3 is 6.09 Å². The molecule has 3 aliphatic heterocycles. The molecule has 0 spiro atoms. The van der Waals surface area contributed by atoms with E-state index < -0.39 is 18.0 Å². The van der Waals surface area contributed by atoms with Crippen LogP contribution in [0.5, 0.6) is 11.5 Å². The maximum Gasteiger partial charge on any atom is 0.407 e. The van der Waals surface area contributed by atoms with Gasteiger partial charge in [0.05, 0.1) is 42.8 Å². The molecule has 3 saturated heterocycles. The van der Waals surface area contributed by atoms with E-state index in [4.69, 9.17) is 19.6 Å². The molecule has 2 aromatic carbocycles. The Labute approximate surface area is 318 Å². The molecule has 4 aromatic rings. The summed E-state index contributed by atoms with van der Waals surface area (Å²) in [5, 5.41) is 23.1. The first-order valence-corrected chi connectivity index (χ1v) is 19.0. The highest BCUT2D eigenvalue weighted by Gasteiger charge is 2.42. The van der Waals surface area contributed by atoms with Gasteiger partial charge in [-0.3, -0.25) is 9.59 Å². The number of morpholine rings is 1. The summed E-state index contributed by atoms with van der Waals surface area (Å²) < 4.78 is 30.4. The molecule has 4 aliphatic rings. The molecule has 3 amide bonds. The second-order valence-electron chi connectivity index (χ2n) is 15.5. The Hall–Kier alpha value is -5.44. The fourth-order valence-corrected chi connectivity index (χ4v) is 7.68. The van der Waals surface area contributed by atoms with E-state index in [0.717, 1.165) is 29.8 Å².